The number of benzene rings is 1. The number of esters is 1. The second kappa shape index (κ2) is 11.1. The van der Waals surface area contributed by atoms with Gasteiger partial charge in [-0.05, 0) is 67.4 Å². The molecule has 3 aliphatic rings. The summed E-state index contributed by atoms with van der Waals surface area (Å²) < 4.78 is 19.1. The number of cyclic esters (lactones) is 1. The third-order valence-electron chi connectivity index (χ3n) is 7.68. The summed E-state index contributed by atoms with van der Waals surface area (Å²) in [7, 11) is 0. The van der Waals surface area contributed by atoms with E-state index in [4.69, 9.17) is 9.84 Å². The third-order valence-corrected chi connectivity index (χ3v) is 7.68. The smallest absolute Gasteiger partial charge is 0.317 e. The number of aliphatic carboxylic acids is 1. The third kappa shape index (κ3) is 5.78. The number of fused-ring (bicyclic) bond motifs is 2. The Morgan fingerprint density at radius 3 is 2.69 bits per heavy atom. The molecule has 2 heterocycles. The molecular weight excluding hydrogens is 447 g/mol. The van der Waals surface area contributed by atoms with Crippen molar-refractivity contribution in [1.82, 2.24) is 4.98 Å². The summed E-state index contributed by atoms with van der Waals surface area (Å²) in [6.45, 7) is 1.78. The molecular formula is C28H33FN2O4. The first-order valence-electron chi connectivity index (χ1n) is 12.4. The van der Waals surface area contributed by atoms with Crippen molar-refractivity contribution in [1.29, 1.82) is 0 Å². The van der Waals surface area contributed by atoms with E-state index in [1.165, 1.54) is 37.8 Å². The molecule has 35 heavy (non-hydrogen) atoms. The van der Waals surface area contributed by atoms with Crippen molar-refractivity contribution in [3.63, 3.8) is 0 Å². The molecule has 2 saturated carbocycles. The Labute approximate surface area is 205 Å². The van der Waals surface area contributed by atoms with Gasteiger partial charge in [0.1, 0.15) is 11.9 Å². The lowest BCUT2D eigenvalue weighted by molar-refractivity contribution is -0.144. The summed E-state index contributed by atoms with van der Waals surface area (Å²) >= 11 is 0. The average molecular weight is 481 g/mol. The summed E-state index contributed by atoms with van der Waals surface area (Å²) in [4.78, 5) is 26.3. The van der Waals surface area contributed by atoms with Crippen molar-refractivity contribution in [2.75, 3.05) is 6.54 Å². The van der Waals surface area contributed by atoms with Crippen LogP contribution in [-0.2, 0) is 14.3 Å². The van der Waals surface area contributed by atoms with Gasteiger partial charge in [-0.3, -0.25) is 14.6 Å². The first-order chi connectivity index (χ1) is 16.9. The van der Waals surface area contributed by atoms with Crippen molar-refractivity contribution < 1.29 is 23.8 Å². The number of allylic oxidation sites excluding steroid dienone is 1. The van der Waals surface area contributed by atoms with E-state index < -0.39 is 5.97 Å². The Hall–Kier alpha value is -3.06. The molecule has 2 aliphatic carbocycles. The molecule has 1 saturated heterocycles. The fourth-order valence-corrected chi connectivity index (χ4v) is 6.14. The van der Waals surface area contributed by atoms with Gasteiger partial charge in [-0.2, -0.15) is 0 Å². The van der Waals surface area contributed by atoms with Gasteiger partial charge >= 0.3 is 11.9 Å². The van der Waals surface area contributed by atoms with E-state index in [2.05, 4.69) is 29.8 Å². The number of ether oxygens (including phenoxy) is 1. The summed E-state index contributed by atoms with van der Waals surface area (Å²) in [6, 6.07) is 10.5. The molecule has 1 aromatic heterocycles. The van der Waals surface area contributed by atoms with Crippen molar-refractivity contribution in [2.24, 2.45) is 35.3 Å². The Kier molecular flexibility index (Phi) is 7.96. The zero-order valence-electron chi connectivity index (χ0n) is 20.0. The molecule has 0 amide bonds. The number of hydrogen-bond acceptors (Lipinski definition) is 5. The first kappa shape index (κ1) is 25.0. The lowest BCUT2D eigenvalue weighted by Crippen LogP contribution is -2.42. The van der Waals surface area contributed by atoms with Gasteiger partial charge in [-0.15, -0.1) is 0 Å². The number of aromatic nitrogens is 1. The van der Waals surface area contributed by atoms with Crippen molar-refractivity contribution in [2.45, 2.75) is 45.1 Å². The van der Waals surface area contributed by atoms with E-state index in [-0.39, 0.29) is 36.3 Å². The zero-order chi connectivity index (χ0) is 24.9. The average Bonchev–Trinajstić information content (AvgIpc) is 3.15. The largest absolute Gasteiger partial charge is 0.480 e. The number of nitrogens with zero attached hydrogens (tertiary/aromatic N) is 1. The van der Waals surface area contributed by atoms with Gasteiger partial charge in [0.05, 0.1) is 18.2 Å². The van der Waals surface area contributed by atoms with Crippen LogP contribution in [0.4, 0.5) is 4.39 Å². The SMILES string of the molecule is CC1OC(=O)C2CC3CCCC[C@H]3[C@H](/C=C/c3ccc(-c4cccc(F)c4)cn3)C12.NCC(=O)O. The minimum Gasteiger partial charge on any atom is -0.480 e. The second-order valence-corrected chi connectivity index (χ2v) is 9.79. The van der Waals surface area contributed by atoms with Crippen LogP contribution in [0.15, 0.2) is 48.7 Å². The van der Waals surface area contributed by atoms with Gasteiger partial charge in [0.25, 0.3) is 0 Å². The van der Waals surface area contributed by atoms with E-state index in [0.29, 0.717) is 17.8 Å². The fraction of sp³-hybridized carbons (Fsp3) is 0.464. The molecule has 5 rings (SSSR count). The van der Waals surface area contributed by atoms with Gasteiger partial charge in [0, 0.05) is 17.7 Å². The Balaban J connectivity index is 0.000000527. The molecule has 2 aromatic rings. The standard InChI is InChI=1S/C26H28FNO2.C2H5NO2/c1-16-25-23(22-8-3-2-5-18(22)14-24(25)26(29)30-16)12-11-21-10-9-19(15-28-21)17-6-4-7-20(27)13-17;3-1-2(4)5/h4,6-7,9-13,15-16,18,22-25H,2-3,5,8,14H2,1H3;1,3H2,(H,4,5)/b12-11+;/t16?,18?,22-,23+,24?,25?;/m1./s1. The molecule has 4 unspecified atom stereocenters. The summed E-state index contributed by atoms with van der Waals surface area (Å²) in [5, 5.41) is 7.60. The van der Waals surface area contributed by atoms with E-state index in [1.54, 1.807) is 12.3 Å². The van der Waals surface area contributed by atoms with Crippen LogP contribution in [0.25, 0.3) is 17.2 Å². The molecule has 7 heteroatoms. The number of hydrogen-bond donors (Lipinski definition) is 2. The van der Waals surface area contributed by atoms with Crippen molar-refractivity contribution >= 4 is 18.0 Å². The molecule has 6 atom stereocenters. The lowest BCUT2D eigenvalue weighted by Gasteiger charge is -2.45. The first-order valence-corrected chi connectivity index (χ1v) is 12.4. The minimum atomic E-state index is -0.968. The van der Waals surface area contributed by atoms with Crippen LogP contribution in [0.2, 0.25) is 0 Å². The highest BCUT2D eigenvalue weighted by atomic mass is 19.1. The van der Waals surface area contributed by atoms with Gasteiger partial charge in [-0.25, -0.2) is 4.39 Å². The van der Waals surface area contributed by atoms with Gasteiger partial charge in [0.2, 0.25) is 0 Å². The topological polar surface area (TPSA) is 103 Å². The maximum absolute atomic E-state index is 13.5. The number of carbonyl (C=O) groups excluding carboxylic acids is 1. The lowest BCUT2D eigenvalue weighted by atomic mass is 9.57. The number of carboxylic acids is 1. The van der Waals surface area contributed by atoms with Crippen LogP contribution in [0.1, 0.15) is 44.7 Å². The molecule has 0 radical (unpaired) electrons. The normalized spacial score (nSPS) is 29.5. The molecule has 3 N–H and O–H groups in total. The number of rotatable bonds is 4. The number of carbonyl (C=O) groups is 2. The van der Waals surface area contributed by atoms with Gasteiger partial charge < -0.3 is 15.6 Å². The highest BCUT2D eigenvalue weighted by Crippen LogP contribution is 2.53. The Morgan fingerprint density at radius 2 is 2.00 bits per heavy atom. The maximum Gasteiger partial charge on any atom is 0.317 e. The zero-order valence-corrected chi connectivity index (χ0v) is 20.0. The van der Waals surface area contributed by atoms with E-state index in [9.17, 15) is 14.0 Å². The number of halogens is 1. The van der Waals surface area contributed by atoms with Crippen molar-refractivity contribution in [3.8, 4) is 11.1 Å². The van der Waals surface area contributed by atoms with Crippen LogP contribution in [-0.4, -0.2) is 34.7 Å². The summed E-state index contributed by atoms with van der Waals surface area (Å²) in [5.41, 5.74) is 7.19. The molecule has 1 aliphatic heterocycles. The quantitative estimate of drug-likeness (QED) is 0.602. The predicted molar refractivity (Wildman–Crippen MR) is 131 cm³/mol. The van der Waals surface area contributed by atoms with Crippen molar-refractivity contribution in [3.05, 3.63) is 60.2 Å². The Bertz CT molecular complexity index is 1070. The van der Waals surface area contributed by atoms with Crippen LogP contribution in [0.3, 0.4) is 0 Å². The summed E-state index contributed by atoms with van der Waals surface area (Å²) in [6.07, 6.45) is 12.2. The van der Waals surface area contributed by atoms with Gasteiger partial charge in [0.15, 0.2) is 0 Å². The van der Waals surface area contributed by atoms with Crippen LogP contribution in [0.5, 0.6) is 0 Å². The molecule has 3 fully saturated rings. The van der Waals surface area contributed by atoms with Crippen LogP contribution < -0.4 is 5.73 Å². The number of nitrogens with two attached hydrogens (primary N) is 1. The highest BCUT2D eigenvalue weighted by Gasteiger charge is 2.53. The monoisotopic (exact) mass is 480 g/mol. The molecule has 186 valence electrons. The predicted octanol–water partition coefficient (Wildman–Crippen LogP) is 4.93. The molecule has 0 spiro atoms. The van der Waals surface area contributed by atoms with E-state index in [1.807, 2.05) is 18.2 Å². The Morgan fingerprint density at radius 1 is 1.23 bits per heavy atom. The van der Waals surface area contributed by atoms with Gasteiger partial charge in [-0.1, -0.05) is 43.5 Å². The van der Waals surface area contributed by atoms with Crippen LogP contribution in [0, 0.1) is 35.4 Å². The van der Waals surface area contributed by atoms with Crippen LogP contribution >= 0.6 is 0 Å². The minimum absolute atomic E-state index is 0.00694. The van der Waals surface area contributed by atoms with E-state index in [0.717, 1.165) is 23.2 Å². The summed E-state index contributed by atoms with van der Waals surface area (Å²) in [5.74, 6) is 0.762. The molecule has 6 nitrogen and oxygen atoms in total. The number of pyridine rings is 1. The highest BCUT2D eigenvalue weighted by molar-refractivity contribution is 5.75. The second-order valence-electron chi connectivity index (χ2n) is 9.79. The fourth-order valence-electron chi connectivity index (χ4n) is 6.14. The molecule has 0 bridgehead atoms. The maximum atomic E-state index is 13.5. The number of carboxylic acid groups (broad SMARTS) is 1. The molecule has 1 aromatic carbocycles. The van der Waals surface area contributed by atoms with E-state index >= 15 is 0 Å².